The quantitative estimate of drug-likeness (QED) is 0.880. The molecule has 18 heavy (non-hydrogen) atoms. The molecule has 1 heterocycles. The largest absolute Gasteiger partial charge is 0.454 e. The molecule has 0 bridgehead atoms. The maximum absolute atomic E-state index is 5.96. The number of hydrogen-bond acceptors (Lipinski definition) is 3. The van der Waals surface area contributed by atoms with Gasteiger partial charge in [-0.05, 0) is 31.0 Å². The van der Waals surface area contributed by atoms with E-state index in [1.807, 2.05) is 42.1 Å². The third kappa shape index (κ3) is 2.90. The van der Waals surface area contributed by atoms with Gasteiger partial charge < -0.3 is 10.5 Å². The smallest absolute Gasteiger partial charge is 0.165 e. The number of rotatable bonds is 5. The van der Waals surface area contributed by atoms with Gasteiger partial charge in [0.05, 0.1) is 12.4 Å². The average Bonchev–Trinajstić information content (AvgIpc) is 2.86. The van der Waals surface area contributed by atoms with E-state index in [0.717, 1.165) is 30.0 Å². The van der Waals surface area contributed by atoms with E-state index in [4.69, 9.17) is 10.5 Å². The topological polar surface area (TPSA) is 53.1 Å². The molecule has 1 aromatic heterocycles. The Kier molecular flexibility index (Phi) is 3.99. The number of nitrogens with two attached hydrogens (primary N) is 1. The summed E-state index contributed by atoms with van der Waals surface area (Å²) in [6.07, 6.45) is 4.53. The van der Waals surface area contributed by atoms with Gasteiger partial charge in [0.1, 0.15) is 5.75 Å². The van der Waals surface area contributed by atoms with Gasteiger partial charge in [-0.2, -0.15) is 5.10 Å². The molecule has 0 aliphatic carbocycles. The lowest BCUT2D eigenvalue weighted by Crippen LogP contribution is -2.07. The second kappa shape index (κ2) is 5.69. The highest BCUT2D eigenvalue weighted by Crippen LogP contribution is 2.23. The van der Waals surface area contributed by atoms with Gasteiger partial charge in [0.15, 0.2) is 5.75 Å². The molecule has 0 fully saturated rings. The standard InChI is InChI=1S/C14H19N3O/c1-3-14(15)11-5-7-12(8-6-11)18-13-9-16-17(4-2)10-13/h5-10,14H,3-4,15H2,1-2H3. The van der Waals surface area contributed by atoms with Gasteiger partial charge in [0.2, 0.25) is 0 Å². The van der Waals surface area contributed by atoms with Crippen LogP contribution in [0.25, 0.3) is 0 Å². The molecule has 96 valence electrons. The molecular formula is C14H19N3O. The van der Waals surface area contributed by atoms with Crippen LogP contribution in [-0.4, -0.2) is 9.78 Å². The summed E-state index contributed by atoms with van der Waals surface area (Å²) in [5.74, 6) is 1.56. The van der Waals surface area contributed by atoms with E-state index in [9.17, 15) is 0 Å². The molecular weight excluding hydrogens is 226 g/mol. The van der Waals surface area contributed by atoms with Gasteiger partial charge >= 0.3 is 0 Å². The third-order valence-electron chi connectivity index (χ3n) is 2.92. The Morgan fingerprint density at radius 3 is 2.50 bits per heavy atom. The van der Waals surface area contributed by atoms with Crippen molar-refractivity contribution in [3.8, 4) is 11.5 Å². The van der Waals surface area contributed by atoms with E-state index < -0.39 is 0 Å². The third-order valence-corrected chi connectivity index (χ3v) is 2.92. The van der Waals surface area contributed by atoms with Crippen LogP contribution in [0.1, 0.15) is 31.9 Å². The van der Waals surface area contributed by atoms with Gasteiger partial charge in [-0.25, -0.2) is 0 Å². The highest BCUT2D eigenvalue weighted by molar-refractivity contribution is 5.32. The molecule has 0 saturated carbocycles. The second-order valence-corrected chi connectivity index (χ2v) is 4.22. The maximum atomic E-state index is 5.96. The number of nitrogens with zero attached hydrogens (tertiary/aromatic N) is 2. The van der Waals surface area contributed by atoms with Gasteiger partial charge in [-0.3, -0.25) is 4.68 Å². The van der Waals surface area contributed by atoms with E-state index >= 15 is 0 Å². The predicted molar refractivity (Wildman–Crippen MR) is 71.6 cm³/mol. The molecule has 0 spiro atoms. The molecule has 2 rings (SSSR count). The maximum Gasteiger partial charge on any atom is 0.165 e. The van der Waals surface area contributed by atoms with E-state index in [0.29, 0.717) is 0 Å². The fourth-order valence-electron chi connectivity index (χ4n) is 1.73. The minimum absolute atomic E-state index is 0.0990. The Balaban J connectivity index is 2.06. The first-order valence-electron chi connectivity index (χ1n) is 6.28. The monoisotopic (exact) mass is 245 g/mol. The molecule has 1 aromatic carbocycles. The summed E-state index contributed by atoms with van der Waals surface area (Å²) in [7, 11) is 0. The predicted octanol–water partition coefficient (Wildman–Crippen LogP) is 3.11. The number of aromatic nitrogens is 2. The van der Waals surface area contributed by atoms with E-state index in [1.165, 1.54) is 0 Å². The fourth-order valence-corrected chi connectivity index (χ4v) is 1.73. The Hall–Kier alpha value is -1.81. The molecule has 1 atom stereocenters. The average molecular weight is 245 g/mol. The van der Waals surface area contributed by atoms with Crippen molar-refractivity contribution in [3.05, 3.63) is 42.2 Å². The van der Waals surface area contributed by atoms with Crippen molar-refractivity contribution in [2.75, 3.05) is 0 Å². The van der Waals surface area contributed by atoms with Crippen LogP contribution < -0.4 is 10.5 Å². The fraction of sp³-hybridized carbons (Fsp3) is 0.357. The van der Waals surface area contributed by atoms with E-state index in [-0.39, 0.29) is 6.04 Å². The van der Waals surface area contributed by atoms with Crippen molar-refractivity contribution < 1.29 is 4.74 Å². The lowest BCUT2D eigenvalue weighted by atomic mass is 10.1. The minimum atomic E-state index is 0.0990. The highest BCUT2D eigenvalue weighted by Gasteiger charge is 2.04. The summed E-state index contributed by atoms with van der Waals surface area (Å²) in [6, 6.07) is 7.99. The van der Waals surface area contributed by atoms with Crippen LogP contribution in [0.2, 0.25) is 0 Å². The Bertz CT molecular complexity index is 490. The molecule has 0 radical (unpaired) electrons. The molecule has 4 nitrogen and oxygen atoms in total. The number of hydrogen-bond donors (Lipinski definition) is 1. The number of benzene rings is 1. The summed E-state index contributed by atoms with van der Waals surface area (Å²) in [5, 5.41) is 4.16. The van der Waals surface area contributed by atoms with Crippen molar-refractivity contribution >= 4 is 0 Å². The van der Waals surface area contributed by atoms with Crippen molar-refractivity contribution in [2.45, 2.75) is 32.9 Å². The van der Waals surface area contributed by atoms with Crippen LogP contribution in [0.15, 0.2) is 36.7 Å². The van der Waals surface area contributed by atoms with Crippen LogP contribution >= 0.6 is 0 Å². The summed E-state index contributed by atoms with van der Waals surface area (Å²) < 4.78 is 7.54. The summed E-state index contributed by atoms with van der Waals surface area (Å²) >= 11 is 0. The molecule has 2 N–H and O–H groups in total. The molecule has 0 aliphatic heterocycles. The van der Waals surface area contributed by atoms with Gasteiger partial charge in [-0.1, -0.05) is 19.1 Å². The Morgan fingerprint density at radius 1 is 1.22 bits per heavy atom. The number of ether oxygens (including phenoxy) is 1. The van der Waals surface area contributed by atoms with Crippen LogP contribution in [0, 0.1) is 0 Å². The lowest BCUT2D eigenvalue weighted by Gasteiger charge is -2.09. The SMILES string of the molecule is CCC(N)c1ccc(Oc2cnn(CC)c2)cc1. The molecule has 2 aromatic rings. The van der Waals surface area contributed by atoms with Crippen molar-refractivity contribution in [2.24, 2.45) is 5.73 Å². The summed E-state index contributed by atoms with van der Waals surface area (Å²) in [5.41, 5.74) is 7.10. The minimum Gasteiger partial charge on any atom is -0.454 e. The number of aryl methyl sites for hydroxylation is 1. The van der Waals surface area contributed by atoms with Crippen LogP contribution in [0.3, 0.4) is 0 Å². The zero-order chi connectivity index (χ0) is 13.0. The van der Waals surface area contributed by atoms with Crippen molar-refractivity contribution in [1.29, 1.82) is 0 Å². The van der Waals surface area contributed by atoms with Crippen LogP contribution in [0.4, 0.5) is 0 Å². The van der Waals surface area contributed by atoms with Crippen LogP contribution in [-0.2, 0) is 6.54 Å². The molecule has 0 amide bonds. The first kappa shape index (κ1) is 12.6. The Labute approximate surface area is 107 Å². The van der Waals surface area contributed by atoms with E-state index in [2.05, 4.69) is 12.0 Å². The normalized spacial score (nSPS) is 12.4. The van der Waals surface area contributed by atoms with Gasteiger partial charge in [0, 0.05) is 12.6 Å². The van der Waals surface area contributed by atoms with Gasteiger partial charge in [-0.15, -0.1) is 0 Å². The molecule has 4 heteroatoms. The van der Waals surface area contributed by atoms with Gasteiger partial charge in [0.25, 0.3) is 0 Å². The summed E-state index contributed by atoms with van der Waals surface area (Å²) in [6.45, 7) is 4.96. The second-order valence-electron chi connectivity index (χ2n) is 4.22. The first-order valence-corrected chi connectivity index (χ1v) is 6.28. The zero-order valence-electron chi connectivity index (χ0n) is 10.8. The van der Waals surface area contributed by atoms with Crippen molar-refractivity contribution in [1.82, 2.24) is 9.78 Å². The zero-order valence-corrected chi connectivity index (χ0v) is 10.8. The first-order chi connectivity index (χ1) is 8.72. The van der Waals surface area contributed by atoms with E-state index in [1.54, 1.807) is 6.20 Å². The molecule has 0 aliphatic rings. The molecule has 0 saturated heterocycles. The van der Waals surface area contributed by atoms with Crippen molar-refractivity contribution in [3.63, 3.8) is 0 Å². The highest BCUT2D eigenvalue weighted by atomic mass is 16.5. The lowest BCUT2D eigenvalue weighted by molar-refractivity contribution is 0.480. The van der Waals surface area contributed by atoms with Crippen LogP contribution in [0.5, 0.6) is 11.5 Å². The Morgan fingerprint density at radius 2 is 1.94 bits per heavy atom. The summed E-state index contributed by atoms with van der Waals surface area (Å²) in [4.78, 5) is 0. The molecule has 1 unspecified atom stereocenters.